The number of fused-ring (bicyclic) bond motifs is 1. The zero-order valence-electron chi connectivity index (χ0n) is 13.8. The minimum Gasteiger partial charge on any atom is -0.338 e. The average Bonchev–Trinajstić information content (AvgIpc) is 3.03. The molecule has 3 rings (SSSR count). The van der Waals surface area contributed by atoms with Crippen LogP contribution in [0.3, 0.4) is 0 Å². The van der Waals surface area contributed by atoms with E-state index >= 15 is 0 Å². The van der Waals surface area contributed by atoms with Gasteiger partial charge in [0.1, 0.15) is 0 Å². The zero-order valence-corrected chi connectivity index (χ0v) is 13.8. The van der Waals surface area contributed by atoms with Gasteiger partial charge in [0.25, 0.3) is 0 Å². The quantitative estimate of drug-likeness (QED) is 0.849. The molecule has 0 N–H and O–H groups in total. The number of aromatic nitrogens is 1. The van der Waals surface area contributed by atoms with Gasteiger partial charge in [-0.2, -0.15) is 0 Å². The van der Waals surface area contributed by atoms with Crippen LogP contribution in [0.5, 0.6) is 0 Å². The molecule has 0 saturated carbocycles. The van der Waals surface area contributed by atoms with Crippen LogP contribution in [-0.4, -0.2) is 34.8 Å². The summed E-state index contributed by atoms with van der Waals surface area (Å²) in [4.78, 5) is 31.9. The van der Waals surface area contributed by atoms with Crippen molar-refractivity contribution in [2.75, 3.05) is 18.0 Å². The predicted octanol–water partition coefficient (Wildman–Crippen LogP) is 2.41. The van der Waals surface area contributed by atoms with E-state index in [0.717, 1.165) is 24.2 Å². The minimum atomic E-state index is -0.0264. The van der Waals surface area contributed by atoms with E-state index in [1.807, 2.05) is 35.2 Å². The van der Waals surface area contributed by atoms with Gasteiger partial charge in [0.15, 0.2) is 0 Å². The van der Waals surface area contributed by atoms with Crippen LogP contribution in [-0.2, 0) is 22.6 Å². The molecule has 0 atom stereocenters. The molecule has 0 saturated heterocycles. The molecular weight excluding hydrogens is 302 g/mol. The monoisotopic (exact) mass is 323 g/mol. The Bertz CT molecular complexity index is 730. The summed E-state index contributed by atoms with van der Waals surface area (Å²) in [5.74, 6) is 0.0439. The summed E-state index contributed by atoms with van der Waals surface area (Å²) in [6.45, 7) is 3.19. The number of carbonyl (C=O) groups excluding carboxylic acids is 2. The fraction of sp³-hybridized carbons (Fsp3) is 0.316. The second-order valence-corrected chi connectivity index (χ2v) is 5.97. The molecule has 5 nitrogen and oxygen atoms in total. The number of nitrogens with zero attached hydrogens (tertiary/aromatic N) is 3. The van der Waals surface area contributed by atoms with Crippen molar-refractivity contribution in [2.24, 2.45) is 0 Å². The Kier molecular flexibility index (Phi) is 4.89. The van der Waals surface area contributed by atoms with Gasteiger partial charge in [-0.1, -0.05) is 18.2 Å². The fourth-order valence-corrected chi connectivity index (χ4v) is 3.02. The molecule has 24 heavy (non-hydrogen) atoms. The number of hydrogen-bond acceptors (Lipinski definition) is 3. The van der Waals surface area contributed by atoms with E-state index in [4.69, 9.17) is 0 Å². The lowest BCUT2D eigenvalue weighted by molar-refractivity contribution is -0.130. The molecular formula is C19H21N3O2. The molecule has 0 aliphatic carbocycles. The largest absolute Gasteiger partial charge is 0.338 e. The standard InChI is InChI=1S/C19H21N3O2/c1-15(23)21(14-16-6-10-20-11-7-16)12-9-19(24)22-13-8-17-4-2-3-5-18(17)22/h2-7,10-11H,8-9,12-14H2,1H3. The van der Waals surface area contributed by atoms with Gasteiger partial charge in [-0.15, -0.1) is 0 Å². The first kappa shape index (κ1) is 16.2. The number of rotatable bonds is 5. The first-order chi connectivity index (χ1) is 11.6. The highest BCUT2D eigenvalue weighted by Crippen LogP contribution is 2.27. The van der Waals surface area contributed by atoms with E-state index in [1.54, 1.807) is 17.3 Å². The molecule has 5 heteroatoms. The molecule has 0 bridgehead atoms. The Labute approximate surface area is 141 Å². The molecule has 1 aliphatic rings. The van der Waals surface area contributed by atoms with Crippen LogP contribution in [0.2, 0.25) is 0 Å². The van der Waals surface area contributed by atoms with Crippen molar-refractivity contribution >= 4 is 17.5 Å². The summed E-state index contributed by atoms with van der Waals surface area (Å²) in [5.41, 5.74) is 3.23. The van der Waals surface area contributed by atoms with Crippen molar-refractivity contribution in [2.45, 2.75) is 26.3 Å². The molecule has 0 radical (unpaired) electrons. The van der Waals surface area contributed by atoms with Crippen molar-refractivity contribution in [3.05, 3.63) is 59.9 Å². The number of amides is 2. The first-order valence-corrected chi connectivity index (χ1v) is 8.18. The highest BCUT2D eigenvalue weighted by atomic mass is 16.2. The Morgan fingerprint density at radius 1 is 1.17 bits per heavy atom. The third-order valence-electron chi connectivity index (χ3n) is 4.35. The van der Waals surface area contributed by atoms with Crippen LogP contribution in [0.4, 0.5) is 5.69 Å². The predicted molar refractivity (Wildman–Crippen MR) is 92.4 cm³/mol. The molecule has 2 heterocycles. The summed E-state index contributed by atoms with van der Waals surface area (Å²) in [5, 5.41) is 0. The molecule has 0 unspecified atom stereocenters. The SMILES string of the molecule is CC(=O)N(CCC(=O)N1CCc2ccccc21)Cc1ccncc1. The Morgan fingerprint density at radius 3 is 2.67 bits per heavy atom. The third-order valence-corrected chi connectivity index (χ3v) is 4.35. The van der Waals surface area contributed by atoms with Crippen molar-refractivity contribution in [3.8, 4) is 0 Å². The topological polar surface area (TPSA) is 53.5 Å². The van der Waals surface area contributed by atoms with E-state index < -0.39 is 0 Å². The van der Waals surface area contributed by atoms with Gasteiger partial charge >= 0.3 is 0 Å². The lowest BCUT2D eigenvalue weighted by Crippen LogP contribution is -2.35. The second kappa shape index (κ2) is 7.25. The number of pyridine rings is 1. The number of anilines is 1. The maximum absolute atomic E-state index is 12.6. The minimum absolute atomic E-state index is 0.0264. The van der Waals surface area contributed by atoms with Gasteiger partial charge in [-0.05, 0) is 35.7 Å². The van der Waals surface area contributed by atoms with Crippen LogP contribution < -0.4 is 4.90 Å². The van der Waals surface area contributed by atoms with Crippen molar-refractivity contribution in [1.29, 1.82) is 0 Å². The smallest absolute Gasteiger partial charge is 0.228 e. The molecule has 0 spiro atoms. The average molecular weight is 323 g/mol. The molecule has 2 amide bonds. The van der Waals surface area contributed by atoms with E-state index in [-0.39, 0.29) is 11.8 Å². The maximum Gasteiger partial charge on any atom is 0.228 e. The number of benzene rings is 1. The molecule has 2 aromatic rings. The van der Waals surface area contributed by atoms with Crippen LogP contribution in [0.1, 0.15) is 24.5 Å². The van der Waals surface area contributed by atoms with Crippen LogP contribution in [0, 0.1) is 0 Å². The number of carbonyl (C=O) groups is 2. The first-order valence-electron chi connectivity index (χ1n) is 8.18. The second-order valence-electron chi connectivity index (χ2n) is 5.97. The summed E-state index contributed by atoms with van der Waals surface area (Å²) >= 11 is 0. The van der Waals surface area contributed by atoms with Crippen LogP contribution in [0.15, 0.2) is 48.8 Å². The van der Waals surface area contributed by atoms with E-state index in [0.29, 0.717) is 19.5 Å². The lowest BCUT2D eigenvalue weighted by Gasteiger charge is -2.23. The Balaban J connectivity index is 1.61. The lowest BCUT2D eigenvalue weighted by atomic mass is 10.2. The van der Waals surface area contributed by atoms with Gasteiger partial charge in [0.05, 0.1) is 0 Å². The van der Waals surface area contributed by atoms with Crippen molar-refractivity contribution in [1.82, 2.24) is 9.88 Å². The molecule has 1 aromatic carbocycles. The van der Waals surface area contributed by atoms with Gasteiger partial charge in [0, 0.05) is 51.1 Å². The van der Waals surface area contributed by atoms with Gasteiger partial charge in [0.2, 0.25) is 11.8 Å². The molecule has 1 aliphatic heterocycles. The van der Waals surface area contributed by atoms with E-state index in [9.17, 15) is 9.59 Å². The normalized spacial score (nSPS) is 12.8. The Morgan fingerprint density at radius 2 is 1.92 bits per heavy atom. The summed E-state index contributed by atoms with van der Waals surface area (Å²) in [7, 11) is 0. The Hall–Kier alpha value is -2.69. The zero-order chi connectivity index (χ0) is 16.9. The third kappa shape index (κ3) is 3.62. The fourth-order valence-electron chi connectivity index (χ4n) is 3.02. The summed E-state index contributed by atoms with van der Waals surface area (Å²) in [6, 6.07) is 11.8. The highest BCUT2D eigenvalue weighted by Gasteiger charge is 2.24. The number of hydrogen-bond donors (Lipinski definition) is 0. The van der Waals surface area contributed by atoms with Crippen LogP contribution >= 0.6 is 0 Å². The van der Waals surface area contributed by atoms with Crippen molar-refractivity contribution < 1.29 is 9.59 Å². The van der Waals surface area contributed by atoms with E-state index in [1.165, 1.54) is 12.5 Å². The number of para-hydroxylation sites is 1. The maximum atomic E-state index is 12.6. The summed E-state index contributed by atoms with van der Waals surface area (Å²) < 4.78 is 0. The van der Waals surface area contributed by atoms with Gasteiger partial charge < -0.3 is 9.80 Å². The molecule has 1 aromatic heterocycles. The van der Waals surface area contributed by atoms with E-state index in [2.05, 4.69) is 11.1 Å². The molecule has 0 fully saturated rings. The molecule has 124 valence electrons. The summed E-state index contributed by atoms with van der Waals surface area (Å²) in [6.07, 6.45) is 4.65. The van der Waals surface area contributed by atoms with Crippen LogP contribution in [0.25, 0.3) is 0 Å². The highest BCUT2D eigenvalue weighted by molar-refractivity contribution is 5.95. The van der Waals surface area contributed by atoms with Crippen molar-refractivity contribution in [3.63, 3.8) is 0 Å². The van der Waals surface area contributed by atoms with Gasteiger partial charge in [-0.25, -0.2) is 0 Å². The van der Waals surface area contributed by atoms with Gasteiger partial charge in [-0.3, -0.25) is 14.6 Å².